The highest BCUT2D eigenvalue weighted by atomic mass is 16.2. The molecule has 1 atom stereocenters. The Bertz CT molecular complexity index is 944. The minimum Gasteiger partial charge on any atom is -0.344 e. The van der Waals surface area contributed by atoms with Crippen LogP contribution in [0.4, 0.5) is 11.5 Å². The second kappa shape index (κ2) is 6.75. The number of nitrogens with one attached hydrogen (secondary N) is 1. The van der Waals surface area contributed by atoms with Crippen LogP contribution in [0.15, 0.2) is 48.8 Å². The lowest BCUT2D eigenvalue weighted by molar-refractivity contribution is -0.117. The van der Waals surface area contributed by atoms with Crippen LogP contribution < -0.4 is 10.2 Å². The van der Waals surface area contributed by atoms with E-state index in [1.807, 2.05) is 50.2 Å². The average Bonchev–Trinajstić information content (AvgIpc) is 3.10. The molecule has 1 unspecified atom stereocenters. The molecule has 1 aromatic heterocycles. The van der Waals surface area contributed by atoms with Gasteiger partial charge < -0.3 is 10.2 Å². The number of aryl methyl sites for hydroxylation is 2. The zero-order valence-electron chi connectivity index (χ0n) is 15.1. The van der Waals surface area contributed by atoms with E-state index in [9.17, 15) is 4.79 Å². The van der Waals surface area contributed by atoms with E-state index < -0.39 is 0 Å². The molecule has 26 heavy (non-hydrogen) atoms. The smallest absolute Gasteiger partial charge is 0.247 e. The van der Waals surface area contributed by atoms with Crippen LogP contribution in [-0.2, 0) is 4.79 Å². The van der Waals surface area contributed by atoms with Crippen molar-refractivity contribution < 1.29 is 4.79 Å². The van der Waals surface area contributed by atoms with Gasteiger partial charge in [0, 0.05) is 17.6 Å². The number of anilines is 2. The Morgan fingerprint density at radius 3 is 2.69 bits per heavy atom. The van der Waals surface area contributed by atoms with Crippen LogP contribution in [0, 0.1) is 13.8 Å². The van der Waals surface area contributed by atoms with Crippen molar-refractivity contribution in [1.82, 2.24) is 9.97 Å². The highest BCUT2D eigenvalue weighted by molar-refractivity contribution is 5.99. The van der Waals surface area contributed by atoms with E-state index >= 15 is 0 Å². The van der Waals surface area contributed by atoms with Gasteiger partial charge in [0.1, 0.15) is 18.2 Å². The molecule has 0 radical (unpaired) electrons. The normalized spacial score (nSPS) is 16.8. The summed E-state index contributed by atoms with van der Waals surface area (Å²) in [5.74, 6) is 0.865. The number of rotatable bonds is 3. The largest absolute Gasteiger partial charge is 0.344 e. The molecule has 0 spiro atoms. The number of benzene rings is 2. The second-order valence-electron chi connectivity index (χ2n) is 6.93. The molecule has 1 fully saturated rings. The van der Waals surface area contributed by atoms with Gasteiger partial charge >= 0.3 is 0 Å². The summed E-state index contributed by atoms with van der Waals surface area (Å²) >= 11 is 0. The molecule has 0 bridgehead atoms. The van der Waals surface area contributed by atoms with Crippen molar-refractivity contribution in [2.24, 2.45) is 0 Å². The molecule has 1 N–H and O–H groups in total. The summed E-state index contributed by atoms with van der Waals surface area (Å²) in [5, 5.41) is 4.08. The second-order valence-corrected chi connectivity index (χ2v) is 6.93. The van der Waals surface area contributed by atoms with Crippen molar-refractivity contribution in [2.45, 2.75) is 32.7 Å². The maximum absolute atomic E-state index is 13.0. The number of hydrogen-bond donors (Lipinski definition) is 1. The van der Waals surface area contributed by atoms with Crippen LogP contribution in [0.3, 0.4) is 0 Å². The van der Waals surface area contributed by atoms with E-state index in [1.54, 1.807) is 6.33 Å². The molecule has 0 saturated carbocycles. The number of hydrogen-bond acceptors (Lipinski definition) is 4. The minimum atomic E-state index is -0.214. The van der Waals surface area contributed by atoms with Crippen molar-refractivity contribution in [2.75, 3.05) is 16.8 Å². The third-order valence-electron chi connectivity index (χ3n) is 4.84. The first-order chi connectivity index (χ1) is 12.6. The maximum Gasteiger partial charge on any atom is 0.247 e. The van der Waals surface area contributed by atoms with Crippen LogP contribution in [0.1, 0.15) is 24.0 Å². The van der Waals surface area contributed by atoms with Crippen LogP contribution in [0.25, 0.3) is 10.9 Å². The van der Waals surface area contributed by atoms with E-state index in [2.05, 4.69) is 26.3 Å². The van der Waals surface area contributed by atoms with Gasteiger partial charge in [-0.3, -0.25) is 4.79 Å². The van der Waals surface area contributed by atoms with Crippen molar-refractivity contribution in [3.05, 3.63) is 59.9 Å². The molecule has 3 aromatic rings. The van der Waals surface area contributed by atoms with Gasteiger partial charge in [0.2, 0.25) is 5.91 Å². The standard InChI is InChI=1S/C21H22N4O/c1-14-10-15(2)12-16(11-14)24-21(26)19-8-5-9-25(19)20-17-6-3-4-7-18(17)22-13-23-20/h3-4,6-7,10-13,19H,5,8-9H2,1-2H3,(H,24,26). The van der Waals surface area contributed by atoms with Gasteiger partial charge in [-0.25, -0.2) is 9.97 Å². The Morgan fingerprint density at radius 2 is 1.88 bits per heavy atom. The number of carbonyl (C=O) groups is 1. The number of nitrogens with zero attached hydrogens (tertiary/aromatic N) is 3. The lowest BCUT2D eigenvalue weighted by Crippen LogP contribution is -2.40. The van der Waals surface area contributed by atoms with E-state index in [0.717, 1.165) is 52.9 Å². The van der Waals surface area contributed by atoms with E-state index in [1.165, 1.54) is 0 Å². The third kappa shape index (κ3) is 3.12. The third-order valence-corrected chi connectivity index (χ3v) is 4.84. The highest BCUT2D eigenvalue weighted by Gasteiger charge is 2.32. The topological polar surface area (TPSA) is 58.1 Å². The molecule has 1 saturated heterocycles. The molecule has 0 aliphatic carbocycles. The fraction of sp³-hybridized carbons (Fsp3) is 0.286. The molecule has 2 heterocycles. The van der Waals surface area contributed by atoms with Crippen molar-refractivity contribution >= 4 is 28.3 Å². The van der Waals surface area contributed by atoms with E-state index in [4.69, 9.17) is 0 Å². The van der Waals surface area contributed by atoms with Gasteiger partial charge in [-0.1, -0.05) is 18.2 Å². The summed E-state index contributed by atoms with van der Waals surface area (Å²) in [7, 11) is 0. The van der Waals surface area contributed by atoms with Gasteiger partial charge in [-0.15, -0.1) is 0 Å². The fourth-order valence-electron chi connectivity index (χ4n) is 3.78. The number of aromatic nitrogens is 2. The number of fused-ring (bicyclic) bond motifs is 1. The van der Waals surface area contributed by atoms with Gasteiger partial charge in [-0.2, -0.15) is 0 Å². The zero-order chi connectivity index (χ0) is 18.1. The number of carbonyl (C=O) groups excluding carboxylic acids is 1. The van der Waals surface area contributed by atoms with Crippen molar-refractivity contribution in [3.63, 3.8) is 0 Å². The Kier molecular flexibility index (Phi) is 4.29. The Balaban J connectivity index is 1.62. The molecule has 5 nitrogen and oxygen atoms in total. The van der Waals surface area contributed by atoms with Gasteiger partial charge in [0.15, 0.2) is 0 Å². The SMILES string of the molecule is Cc1cc(C)cc(NC(=O)C2CCCN2c2ncnc3ccccc23)c1. The van der Waals surface area contributed by atoms with Crippen LogP contribution in [0.2, 0.25) is 0 Å². The highest BCUT2D eigenvalue weighted by Crippen LogP contribution is 2.30. The fourth-order valence-corrected chi connectivity index (χ4v) is 3.78. The summed E-state index contributed by atoms with van der Waals surface area (Å²) in [6.07, 6.45) is 3.38. The van der Waals surface area contributed by atoms with Crippen LogP contribution >= 0.6 is 0 Å². The average molecular weight is 346 g/mol. The predicted molar refractivity (Wildman–Crippen MR) is 104 cm³/mol. The number of para-hydroxylation sites is 1. The lowest BCUT2D eigenvalue weighted by Gasteiger charge is -2.26. The zero-order valence-corrected chi connectivity index (χ0v) is 15.1. The summed E-state index contributed by atoms with van der Waals surface area (Å²) in [6, 6.07) is 13.8. The molecule has 4 rings (SSSR count). The van der Waals surface area contributed by atoms with Gasteiger partial charge in [-0.05, 0) is 62.1 Å². The van der Waals surface area contributed by atoms with Crippen molar-refractivity contribution in [1.29, 1.82) is 0 Å². The quantitative estimate of drug-likeness (QED) is 0.782. The molecule has 1 aliphatic rings. The minimum absolute atomic E-state index is 0.0233. The molecule has 132 valence electrons. The first kappa shape index (κ1) is 16.5. The summed E-state index contributed by atoms with van der Waals surface area (Å²) in [6.45, 7) is 4.90. The predicted octanol–water partition coefficient (Wildman–Crippen LogP) is 3.85. The molecular weight excluding hydrogens is 324 g/mol. The molecule has 1 amide bonds. The van der Waals surface area contributed by atoms with Gasteiger partial charge in [0.25, 0.3) is 0 Å². The summed E-state index contributed by atoms with van der Waals surface area (Å²) in [4.78, 5) is 23.9. The maximum atomic E-state index is 13.0. The number of amides is 1. The van der Waals surface area contributed by atoms with Gasteiger partial charge in [0.05, 0.1) is 5.52 Å². The Hall–Kier alpha value is -2.95. The first-order valence-electron chi connectivity index (χ1n) is 8.97. The monoisotopic (exact) mass is 346 g/mol. The summed E-state index contributed by atoms with van der Waals surface area (Å²) < 4.78 is 0. The molecular formula is C21H22N4O. The summed E-state index contributed by atoms with van der Waals surface area (Å²) in [5.41, 5.74) is 4.04. The first-order valence-corrected chi connectivity index (χ1v) is 8.97. The van der Waals surface area contributed by atoms with E-state index in [-0.39, 0.29) is 11.9 Å². The lowest BCUT2D eigenvalue weighted by atomic mass is 10.1. The van der Waals surface area contributed by atoms with Crippen LogP contribution in [0.5, 0.6) is 0 Å². The Morgan fingerprint density at radius 1 is 1.12 bits per heavy atom. The van der Waals surface area contributed by atoms with Crippen LogP contribution in [-0.4, -0.2) is 28.5 Å². The van der Waals surface area contributed by atoms with Crippen molar-refractivity contribution in [3.8, 4) is 0 Å². The van der Waals surface area contributed by atoms with E-state index in [0.29, 0.717) is 0 Å². The molecule has 5 heteroatoms. The molecule has 2 aromatic carbocycles. The molecule has 1 aliphatic heterocycles. The Labute approximate surface area is 153 Å².